The van der Waals surface area contributed by atoms with Crippen LogP contribution in [0.5, 0.6) is 0 Å². The van der Waals surface area contributed by atoms with Crippen LogP contribution in [0.25, 0.3) is 0 Å². The van der Waals surface area contributed by atoms with Crippen molar-refractivity contribution in [1.82, 2.24) is 4.90 Å². The molecule has 2 N–H and O–H groups in total. The van der Waals surface area contributed by atoms with Crippen LogP contribution in [0.15, 0.2) is 0 Å². The Morgan fingerprint density at radius 1 is 1.04 bits per heavy atom. The zero-order valence-corrected chi connectivity index (χ0v) is 16.9. The summed E-state index contributed by atoms with van der Waals surface area (Å²) in [7, 11) is 0. The van der Waals surface area contributed by atoms with E-state index in [0.29, 0.717) is 18.3 Å². The third-order valence-corrected chi connectivity index (χ3v) is 7.57. The van der Waals surface area contributed by atoms with Gasteiger partial charge in [-0.05, 0) is 49.9 Å². The number of nitrogens with zero attached hydrogens (tertiary/aromatic N) is 1. The molecule has 1 aliphatic heterocycles. The molecular formula is C23H41FN2O2. The quantitative estimate of drug-likeness (QED) is 0.719. The summed E-state index contributed by atoms with van der Waals surface area (Å²) in [6.07, 6.45) is 11.0. The molecule has 5 heteroatoms. The fraction of sp³-hybridized carbons (Fsp3) is 0.913. The van der Waals surface area contributed by atoms with E-state index in [0.717, 1.165) is 38.6 Å². The predicted octanol–water partition coefficient (Wildman–Crippen LogP) is 4.50. The van der Waals surface area contributed by atoms with Crippen molar-refractivity contribution in [1.29, 1.82) is 0 Å². The molecule has 3 atom stereocenters. The third-order valence-electron chi connectivity index (χ3n) is 7.57. The zero-order valence-electron chi connectivity index (χ0n) is 16.9. The molecule has 0 spiro atoms. The van der Waals surface area contributed by atoms with E-state index >= 15 is 0 Å². The van der Waals surface area contributed by atoms with Gasteiger partial charge in [0, 0.05) is 24.9 Å². The fourth-order valence-electron chi connectivity index (χ4n) is 5.90. The van der Waals surface area contributed by atoms with E-state index in [1.807, 2.05) is 11.8 Å². The number of carbonyl (C=O) groups excluding carboxylic acids is 2. The highest BCUT2D eigenvalue weighted by Crippen LogP contribution is 2.41. The monoisotopic (exact) mass is 396 g/mol. The van der Waals surface area contributed by atoms with Gasteiger partial charge in [-0.15, -0.1) is 0 Å². The van der Waals surface area contributed by atoms with Crippen molar-refractivity contribution in [2.45, 2.75) is 97.1 Å². The van der Waals surface area contributed by atoms with Gasteiger partial charge in [0.15, 0.2) is 5.78 Å². The molecule has 0 aromatic rings. The van der Waals surface area contributed by atoms with Gasteiger partial charge in [0.1, 0.15) is 6.67 Å². The normalized spacial score (nSPS) is 32.6. The van der Waals surface area contributed by atoms with Crippen LogP contribution in [0.3, 0.4) is 0 Å². The largest absolute Gasteiger partial charge is 0.332 e. The third kappa shape index (κ3) is 4.95. The zero-order chi connectivity index (χ0) is 19.4. The summed E-state index contributed by atoms with van der Waals surface area (Å²) in [5.41, 5.74) is 5.86. The van der Waals surface area contributed by atoms with Gasteiger partial charge < -0.3 is 10.6 Å². The minimum atomic E-state index is -0.481. The molecule has 1 amide bonds. The molecular weight excluding hydrogens is 355 g/mol. The smallest absolute Gasteiger partial charge is 0.226 e. The Bertz CT molecular complexity index is 513. The summed E-state index contributed by atoms with van der Waals surface area (Å²) in [6.45, 7) is 2.18. The van der Waals surface area contributed by atoms with Gasteiger partial charge in [-0.2, -0.15) is 0 Å². The van der Waals surface area contributed by atoms with Crippen LogP contribution in [0.4, 0.5) is 4.39 Å². The highest BCUT2D eigenvalue weighted by atomic mass is 19.1. The van der Waals surface area contributed by atoms with Crippen molar-refractivity contribution >= 4 is 11.7 Å². The molecule has 2 aliphatic carbocycles. The topological polar surface area (TPSA) is 63.4 Å². The molecule has 3 rings (SSSR count). The number of amides is 1. The minimum absolute atomic E-state index is 0. The van der Waals surface area contributed by atoms with Crippen molar-refractivity contribution < 1.29 is 14.0 Å². The van der Waals surface area contributed by atoms with Crippen molar-refractivity contribution in [2.24, 2.45) is 29.4 Å². The van der Waals surface area contributed by atoms with Crippen molar-refractivity contribution in [3.63, 3.8) is 0 Å². The van der Waals surface area contributed by atoms with Crippen molar-refractivity contribution in [3.05, 3.63) is 0 Å². The maximum absolute atomic E-state index is 13.3. The Morgan fingerprint density at radius 3 is 2.25 bits per heavy atom. The van der Waals surface area contributed by atoms with Crippen molar-refractivity contribution in [3.8, 4) is 0 Å². The number of likely N-dealkylation sites (tertiary alicyclic amines) is 1. The molecule has 1 heterocycles. The highest BCUT2D eigenvalue weighted by molar-refractivity contribution is 5.90. The lowest BCUT2D eigenvalue weighted by molar-refractivity contribution is -0.143. The molecule has 3 fully saturated rings. The van der Waals surface area contributed by atoms with E-state index < -0.39 is 12.7 Å². The van der Waals surface area contributed by atoms with Gasteiger partial charge >= 0.3 is 0 Å². The summed E-state index contributed by atoms with van der Waals surface area (Å²) in [6, 6.07) is -0.589. The predicted molar refractivity (Wildman–Crippen MR) is 112 cm³/mol. The number of rotatable bonds is 6. The second kappa shape index (κ2) is 10.7. The molecule has 0 aromatic carbocycles. The van der Waals surface area contributed by atoms with Gasteiger partial charge in [-0.3, -0.25) is 9.59 Å². The van der Waals surface area contributed by atoms with Gasteiger partial charge in [0.25, 0.3) is 0 Å². The first-order chi connectivity index (χ1) is 13.1. The summed E-state index contributed by atoms with van der Waals surface area (Å²) in [5, 5.41) is 0. The van der Waals surface area contributed by atoms with Gasteiger partial charge in [-0.25, -0.2) is 4.39 Å². The lowest BCUT2D eigenvalue weighted by Gasteiger charge is -2.36. The van der Waals surface area contributed by atoms with Crippen LogP contribution in [0.1, 0.15) is 85.0 Å². The van der Waals surface area contributed by atoms with Crippen LogP contribution in [-0.4, -0.2) is 41.9 Å². The molecule has 162 valence electrons. The van der Waals surface area contributed by atoms with E-state index in [1.165, 1.54) is 32.1 Å². The number of alkyl halides is 1. The van der Waals surface area contributed by atoms with E-state index in [-0.39, 0.29) is 37.0 Å². The highest BCUT2D eigenvalue weighted by Gasteiger charge is 2.46. The first-order valence-corrected chi connectivity index (χ1v) is 11.2. The summed E-state index contributed by atoms with van der Waals surface area (Å²) < 4.78 is 12.8. The number of nitrogens with two attached hydrogens (primary N) is 1. The Balaban J connectivity index is 0.00000280. The summed E-state index contributed by atoms with van der Waals surface area (Å²) >= 11 is 0. The number of halogens is 1. The van der Waals surface area contributed by atoms with Gasteiger partial charge in [0.05, 0.1) is 6.04 Å². The van der Waals surface area contributed by atoms with E-state index in [4.69, 9.17) is 5.73 Å². The molecule has 0 unspecified atom stereocenters. The molecule has 0 bridgehead atoms. The SMILES string of the molecule is C.CCC(=O)[C@@H]1[C@H](C2CCCCC2)CCN1C(=O)C1CCC([C@H](N)CF)CC1. The second-order valence-electron chi connectivity index (χ2n) is 9.08. The minimum Gasteiger partial charge on any atom is -0.332 e. The van der Waals surface area contributed by atoms with E-state index in [1.54, 1.807) is 0 Å². The maximum atomic E-state index is 13.3. The maximum Gasteiger partial charge on any atom is 0.226 e. The van der Waals surface area contributed by atoms with Gasteiger partial charge in [0.2, 0.25) is 5.91 Å². The lowest BCUT2D eigenvalue weighted by Crippen LogP contribution is -2.48. The standard InChI is InChI=1S/C22H37FN2O2.CH4/c1-2-20(26)21-18(15-6-4-3-5-7-15)12-13-25(21)22(27)17-10-8-16(9-11-17)19(24)14-23;/h15-19,21H,2-14,24H2,1H3;1H4/t16?,17?,18-,19+,21-;/m0./s1. The first-order valence-electron chi connectivity index (χ1n) is 11.2. The van der Waals surface area contributed by atoms with E-state index in [2.05, 4.69) is 0 Å². The molecule has 28 heavy (non-hydrogen) atoms. The van der Waals surface area contributed by atoms with Crippen LogP contribution in [0.2, 0.25) is 0 Å². The number of ketones is 1. The van der Waals surface area contributed by atoms with Crippen LogP contribution in [0, 0.1) is 23.7 Å². The number of hydrogen-bond acceptors (Lipinski definition) is 3. The molecule has 4 nitrogen and oxygen atoms in total. The number of carbonyl (C=O) groups is 2. The van der Waals surface area contributed by atoms with E-state index in [9.17, 15) is 14.0 Å². The van der Waals surface area contributed by atoms with Crippen LogP contribution < -0.4 is 5.73 Å². The average molecular weight is 397 g/mol. The molecule has 1 saturated heterocycles. The number of Topliss-reactive ketones (excluding diaryl/α,β-unsaturated/α-hetero) is 1. The first kappa shape index (κ1) is 23.3. The Kier molecular flexibility index (Phi) is 8.91. The second-order valence-corrected chi connectivity index (χ2v) is 9.08. The summed E-state index contributed by atoms with van der Waals surface area (Å²) in [5.74, 6) is 1.57. The number of hydrogen-bond donors (Lipinski definition) is 1. The molecule has 3 aliphatic rings. The van der Waals surface area contributed by atoms with Gasteiger partial charge in [-0.1, -0.05) is 46.5 Å². The van der Waals surface area contributed by atoms with Crippen molar-refractivity contribution in [2.75, 3.05) is 13.2 Å². The Morgan fingerprint density at radius 2 is 1.68 bits per heavy atom. The summed E-state index contributed by atoms with van der Waals surface area (Å²) in [4.78, 5) is 28.0. The van der Waals surface area contributed by atoms with Crippen LogP contribution in [-0.2, 0) is 9.59 Å². The molecule has 0 aromatic heterocycles. The molecule has 2 saturated carbocycles. The Labute approximate surface area is 170 Å². The lowest BCUT2D eigenvalue weighted by atomic mass is 9.75. The Hall–Kier alpha value is -0.970. The molecule has 0 radical (unpaired) electrons. The fourth-order valence-corrected chi connectivity index (χ4v) is 5.90. The average Bonchev–Trinajstić information content (AvgIpc) is 3.18. The van der Waals surface area contributed by atoms with Crippen LogP contribution >= 0.6 is 0 Å².